The van der Waals surface area contributed by atoms with E-state index in [1.807, 2.05) is 6.07 Å². The van der Waals surface area contributed by atoms with Gasteiger partial charge in [-0.05, 0) is 48.2 Å². The van der Waals surface area contributed by atoms with Gasteiger partial charge in [-0.25, -0.2) is 4.39 Å². The second kappa shape index (κ2) is 5.95. The van der Waals surface area contributed by atoms with Crippen LogP contribution in [0.2, 0.25) is 0 Å². The summed E-state index contributed by atoms with van der Waals surface area (Å²) in [4.78, 5) is 3.49. The minimum Gasteiger partial charge on any atom is -0.496 e. The second-order valence-corrected chi connectivity index (χ2v) is 6.27. The van der Waals surface area contributed by atoms with Gasteiger partial charge in [0, 0.05) is 28.7 Å². The molecule has 2 heterocycles. The van der Waals surface area contributed by atoms with Gasteiger partial charge in [0.2, 0.25) is 0 Å². The zero-order valence-corrected chi connectivity index (χ0v) is 13.9. The van der Waals surface area contributed by atoms with Crippen molar-refractivity contribution in [2.45, 2.75) is 25.8 Å². The molecule has 24 heavy (non-hydrogen) atoms. The Bertz CT molecular complexity index is 900. The summed E-state index contributed by atoms with van der Waals surface area (Å²) in [6.07, 6.45) is 1.87. The number of hydrogen-bond donors (Lipinski definition) is 2. The molecule has 1 aliphatic rings. The maximum absolute atomic E-state index is 13.7. The third kappa shape index (κ3) is 2.38. The maximum Gasteiger partial charge on any atom is 0.124 e. The van der Waals surface area contributed by atoms with Gasteiger partial charge in [-0.2, -0.15) is 0 Å². The van der Waals surface area contributed by atoms with E-state index < -0.39 is 0 Å². The molecule has 124 valence electrons. The number of rotatable bonds is 3. The lowest BCUT2D eigenvalue weighted by Gasteiger charge is -2.26. The Morgan fingerprint density at radius 1 is 1.21 bits per heavy atom. The molecule has 2 N–H and O–H groups in total. The predicted octanol–water partition coefficient (Wildman–Crippen LogP) is 4.11. The molecule has 4 rings (SSSR count). The molecule has 0 saturated carbocycles. The minimum atomic E-state index is -0.190. The van der Waals surface area contributed by atoms with E-state index in [-0.39, 0.29) is 11.9 Å². The molecule has 4 heteroatoms. The van der Waals surface area contributed by atoms with E-state index in [1.165, 1.54) is 17.2 Å². The molecule has 1 atom stereocenters. The summed E-state index contributed by atoms with van der Waals surface area (Å²) in [6, 6.07) is 11.4. The number of nitrogens with one attached hydrogen (secondary N) is 2. The fourth-order valence-electron chi connectivity index (χ4n) is 3.68. The number of aryl methyl sites for hydroxylation is 1. The van der Waals surface area contributed by atoms with Gasteiger partial charge in [0.15, 0.2) is 0 Å². The van der Waals surface area contributed by atoms with Crippen LogP contribution >= 0.6 is 0 Å². The molecule has 3 aromatic rings. The number of halogens is 1. The van der Waals surface area contributed by atoms with E-state index in [9.17, 15) is 4.39 Å². The van der Waals surface area contributed by atoms with E-state index in [4.69, 9.17) is 4.74 Å². The van der Waals surface area contributed by atoms with Crippen molar-refractivity contribution >= 4 is 10.9 Å². The first-order valence-electron chi connectivity index (χ1n) is 8.41. The van der Waals surface area contributed by atoms with Gasteiger partial charge < -0.3 is 15.0 Å². The van der Waals surface area contributed by atoms with Crippen LogP contribution in [0.3, 0.4) is 0 Å². The summed E-state index contributed by atoms with van der Waals surface area (Å²) in [6.45, 7) is 3.00. The first-order valence-corrected chi connectivity index (χ1v) is 8.41. The SMILES string of the molecule is CCc1ccc(C2NCCc3c2[nH]c2ccc(F)cc32)c(OC)c1. The lowest BCUT2D eigenvalue weighted by Crippen LogP contribution is -2.30. The van der Waals surface area contributed by atoms with E-state index in [2.05, 4.69) is 35.4 Å². The molecule has 2 aromatic carbocycles. The van der Waals surface area contributed by atoms with Crippen LogP contribution in [-0.2, 0) is 12.8 Å². The fraction of sp³-hybridized carbons (Fsp3) is 0.300. The number of benzene rings is 2. The van der Waals surface area contributed by atoms with Crippen LogP contribution in [0.15, 0.2) is 36.4 Å². The summed E-state index contributed by atoms with van der Waals surface area (Å²) in [5.41, 5.74) is 5.67. The Kier molecular flexibility index (Phi) is 3.77. The van der Waals surface area contributed by atoms with Crippen molar-refractivity contribution in [2.24, 2.45) is 0 Å². The van der Waals surface area contributed by atoms with Gasteiger partial charge >= 0.3 is 0 Å². The predicted molar refractivity (Wildman–Crippen MR) is 94.2 cm³/mol. The van der Waals surface area contributed by atoms with E-state index >= 15 is 0 Å². The maximum atomic E-state index is 13.7. The van der Waals surface area contributed by atoms with Crippen LogP contribution < -0.4 is 10.1 Å². The van der Waals surface area contributed by atoms with Crippen LogP contribution in [-0.4, -0.2) is 18.6 Å². The lowest BCUT2D eigenvalue weighted by molar-refractivity contribution is 0.401. The molecule has 3 nitrogen and oxygen atoms in total. The molecule has 0 aliphatic carbocycles. The average Bonchev–Trinajstić information content (AvgIpc) is 2.99. The van der Waals surface area contributed by atoms with Crippen LogP contribution in [0.4, 0.5) is 4.39 Å². The molecular weight excluding hydrogens is 303 g/mol. The quantitative estimate of drug-likeness (QED) is 0.760. The average molecular weight is 324 g/mol. The number of H-pyrrole nitrogens is 1. The zero-order chi connectivity index (χ0) is 16.7. The summed E-state index contributed by atoms with van der Waals surface area (Å²) in [7, 11) is 1.71. The first-order chi connectivity index (χ1) is 11.7. The molecule has 1 unspecified atom stereocenters. The standard InChI is InChI=1S/C20H21FN2O/c1-3-12-4-6-15(18(10-12)24-2)19-20-14(8-9-22-19)16-11-13(21)5-7-17(16)23-20/h4-7,10-11,19,22-23H,3,8-9H2,1-2H3. The van der Waals surface area contributed by atoms with Gasteiger partial charge in [-0.3, -0.25) is 0 Å². The third-order valence-electron chi connectivity index (χ3n) is 4.93. The largest absolute Gasteiger partial charge is 0.496 e. The topological polar surface area (TPSA) is 37.0 Å². The van der Waals surface area contributed by atoms with Gasteiger partial charge in [-0.1, -0.05) is 19.1 Å². The molecule has 1 aromatic heterocycles. The van der Waals surface area contributed by atoms with Gasteiger partial charge in [-0.15, -0.1) is 0 Å². The molecular formula is C20H21FN2O. The molecule has 0 spiro atoms. The Balaban J connectivity index is 1.86. The number of aromatic amines is 1. The molecule has 0 saturated heterocycles. The molecule has 0 radical (unpaired) electrons. The van der Waals surface area contributed by atoms with Crippen LogP contribution in [0.5, 0.6) is 5.75 Å². The smallest absolute Gasteiger partial charge is 0.124 e. The number of methoxy groups -OCH3 is 1. The molecule has 0 fully saturated rings. The van der Waals surface area contributed by atoms with Gasteiger partial charge in [0.25, 0.3) is 0 Å². The number of fused-ring (bicyclic) bond motifs is 3. The van der Waals surface area contributed by atoms with Crippen molar-refractivity contribution < 1.29 is 9.13 Å². The fourth-order valence-corrected chi connectivity index (χ4v) is 3.68. The normalized spacial score (nSPS) is 17.0. The third-order valence-corrected chi connectivity index (χ3v) is 4.93. The Morgan fingerprint density at radius 2 is 2.08 bits per heavy atom. The lowest BCUT2D eigenvalue weighted by atomic mass is 9.93. The zero-order valence-electron chi connectivity index (χ0n) is 13.9. The van der Waals surface area contributed by atoms with Crippen molar-refractivity contribution in [3.63, 3.8) is 0 Å². The monoisotopic (exact) mass is 324 g/mol. The molecule has 0 amide bonds. The highest BCUT2D eigenvalue weighted by Crippen LogP contribution is 2.37. The number of aromatic nitrogens is 1. The minimum absolute atomic E-state index is 0.0325. The van der Waals surface area contributed by atoms with Crippen LogP contribution in [0, 0.1) is 5.82 Å². The van der Waals surface area contributed by atoms with E-state index in [0.29, 0.717) is 0 Å². The highest BCUT2D eigenvalue weighted by molar-refractivity contribution is 5.85. The molecule has 0 bridgehead atoms. The van der Waals surface area contributed by atoms with Gasteiger partial charge in [0.05, 0.1) is 13.2 Å². The Morgan fingerprint density at radius 3 is 2.88 bits per heavy atom. The van der Waals surface area contributed by atoms with E-state index in [1.54, 1.807) is 13.2 Å². The summed E-state index contributed by atoms with van der Waals surface area (Å²) >= 11 is 0. The van der Waals surface area contributed by atoms with Crippen molar-refractivity contribution in [2.75, 3.05) is 13.7 Å². The summed E-state index contributed by atoms with van der Waals surface area (Å²) in [5, 5.41) is 4.56. The molecule has 1 aliphatic heterocycles. The highest BCUT2D eigenvalue weighted by Gasteiger charge is 2.27. The highest BCUT2D eigenvalue weighted by atomic mass is 19.1. The van der Waals surface area contributed by atoms with Crippen LogP contribution in [0.1, 0.15) is 35.3 Å². The summed E-state index contributed by atoms with van der Waals surface area (Å²) < 4.78 is 19.3. The van der Waals surface area contributed by atoms with Crippen molar-refractivity contribution in [1.82, 2.24) is 10.3 Å². The second-order valence-electron chi connectivity index (χ2n) is 6.27. The van der Waals surface area contributed by atoms with Crippen molar-refractivity contribution in [3.8, 4) is 5.75 Å². The number of ether oxygens (including phenoxy) is 1. The van der Waals surface area contributed by atoms with Gasteiger partial charge in [0.1, 0.15) is 11.6 Å². The Hall–Kier alpha value is -2.33. The first kappa shape index (κ1) is 15.2. The van der Waals surface area contributed by atoms with E-state index in [0.717, 1.165) is 47.3 Å². The Labute approximate surface area is 140 Å². The summed E-state index contributed by atoms with van der Waals surface area (Å²) in [5.74, 6) is 0.703. The van der Waals surface area contributed by atoms with Crippen LogP contribution in [0.25, 0.3) is 10.9 Å². The number of hydrogen-bond acceptors (Lipinski definition) is 2. The van der Waals surface area contributed by atoms with Crippen molar-refractivity contribution in [1.29, 1.82) is 0 Å². The van der Waals surface area contributed by atoms with Crippen molar-refractivity contribution in [3.05, 3.63) is 64.6 Å².